The maximum Gasteiger partial charge on any atom is 0.251 e. The molecule has 1 amide bonds. The lowest BCUT2D eigenvalue weighted by molar-refractivity contribution is 0.0954. The number of rotatable bonds is 8. The molecule has 0 saturated heterocycles. The summed E-state index contributed by atoms with van der Waals surface area (Å²) < 4.78 is 41.1. The molecule has 3 aromatic rings. The zero-order chi connectivity index (χ0) is 20.0. The van der Waals surface area contributed by atoms with Gasteiger partial charge in [0.25, 0.3) is 5.91 Å². The number of sulfonamides is 1. The highest BCUT2D eigenvalue weighted by Crippen LogP contribution is 2.14. The second kappa shape index (κ2) is 9.09. The van der Waals surface area contributed by atoms with E-state index < -0.39 is 15.9 Å². The summed E-state index contributed by atoms with van der Waals surface area (Å²) in [7, 11) is -3.73. The van der Waals surface area contributed by atoms with Crippen molar-refractivity contribution in [2.75, 3.05) is 6.54 Å². The first-order valence-electron chi connectivity index (χ1n) is 8.59. The SMILES string of the molecule is O=C(NCCc1ccccc1F)c1cccc(S(=O)(=O)NCc2cccs2)c1. The maximum absolute atomic E-state index is 13.6. The molecule has 2 aromatic carbocycles. The van der Waals surface area contributed by atoms with E-state index in [1.165, 1.54) is 41.7 Å². The van der Waals surface area contributed by atoms with E-state index in [2.05, 4.69) is 10.0 Å². The lowest BCUT2D eigenvalue weighted by Crippen LogP contribution is -2.27. The zero-order valence-corrected chi connectivity index (χ0v) is 16.5. The molecule has 0 spiro atoms. The van der Waals surface area contributed by atoms with Crippen molar-refractivity contribution >= 4 is 27.3 Å². The van der Waals surface area contributed by atoms with Gasteiger partial charge in [0.05, 0.1) is 4.90 Å². The van der Waals surface area contributed by atoms with E-state index in [1.807, 2.05) is 17.5 Å². The number of carbonyl (C=O) groups excluding carboxylic acids is 1. The van der Waals surface area contributed by atoms with Crippen molar-refractivity contribution in [2.24, 2.45) is 0 Å². The van der Waals surface area contributed by atoms with Gasteiger partial charge in [-0.25, -0.2) is 17.5 Å². The molecular weight excluding hydrogens is 399 g/mol. The van der Waals surface area contributed by atoms with Crippen LogP contribution >= 0.6 is 11.3 Å². The summed E-state index contributed by atoms with van der Waals surface area (Å²) in [5.41, 5.74) is 0.740. The van der Waals surface area contributed by atoms with Gasteiger partial charge in [0, 0.05) is 23.5 Å². The monoisotopic (exact) mass is 418 g/mol. The predicted octanol–water partition coefficient (Wildman–Crippen LogP) is 3.34. The van der Waals surface area contributed by atoms with E-state index in [0.29, 0.717) is 12.0 Å². The van der Waals surface area contributed by atoms with Crippen LogP contribution in [0.4, 0.5) is 4.39 Å². The van der Waals surface area contributed by atoms with Gasteiger partial charge in [-0.1, -0.05) is 30.3 Å². The standard InChI is InChI=1S/C20H19FN2O3S2/c21-19-9-2-1-5-15(19)10-11-22-20(24)16-6-3-8-18(13-16)28(25,26)23-14-17-7-4-12-27-17/h1-9,12-13,23H,10-11,14H2,(H,22,24). The molecule has 146 valence electrons. The summed E-state index contributed by atoms with van der Waals surface area (Å²) in [6.07, 6.45) is 0.346. The van der Waals surface area contributed by atoms with E-state index in [9.17, 15) is 17.6 Å². The third-order valence-corrected chi connectivity index (χ3v) is 6.34. The molecule has 1 aromatic heterocycles. The summed E-state index contributed by atoms with van der Waals surface area (Å²) in [4.78, 5) is 13.2. The minimum Gasteiger partial charge on any atom is -0.352 e. The highest BCUT2D eigenvalue weighted by molar-refractivity contribution is 7.89. The maximum atomic E-state index is 13.6. The number of thiophene rings is 1. The molecule has 0 radical (unpaired) electrons. The Morgan fingerprint density at radius 1 is 1.04 bits per heavy atom. The fourth-order valence-electron chi connectivity index (χ4n) is 2.58. The molecule has 0 unspecified atom stereocenters. The Hall–Kier alpha value is -2.55. The van der Waals surface area contributed by atoms with Crippen LogP contribution in [0.3, 0.4) is 0 Å². The summed E-state index contributed by atoms with van der Waals surface area (Å²) in [5.74, 6) is -0.728. The smallest absolute Gasteiger partial charge is 0.251 e. The van der Waals surface area contributed by atoms with Crippen LogP contribution in [0.1, 0.15) is 20.8 Å². The number of nitrogens with one attached hydrogen (secondary N) is 2. The molecule has 0 aliphatic heterocycles. The predicted molar refractivity (Wildman–Crippen MR) is 107 cm³/mol. The van der Waals surface area contributed by atoms with Gasteiger partial charge < -0.3 is 5.32 Å². The molecule has 28 heavy (non-hydrogen) atoms. The Balaban J connectivity index is 1.61. The van der Waals surface area contributed by atoms with Crippen LogP contribution in [0.2, 0.25) is 0 Å². The Labute approximate surface area is 167 Å². The van der Waals surface area contributed by atoms with Crippen LogP contribution in [0.25, 0.3) is 0 Å². The first kappa shape index (κ1) is 20.2. The lowest BCUT2D eigenvalue weighted by Gasteiger charge is -2.09. The molecule has 0 aliphatic carbocycles. The van der Waals surface area contributed by atoms with E-state index in [0.717, 1.165) is 4.88 Å². The molecule has 3 rings (SSSR count). The number of amides is 1. The van der Waals surface area contributed by atoms with Gasteiger partial charge in [0.1, 0.15) is 5.82 Å². The summed E-state index contributed by atoms with van der Waals surface area (Å²) in [6, 6.07) is 15.9. The molecule has 0 saturated carbocycles. The number of halogens is 1. The molecule has 1 heterocycles. The second-order valence-corrected chi connectivity index (χ2v) is 8.83. The van der Waals surface area contributed by atoms with Crippen LogP contribution in [0.15, 0.2) is 70.9 Å². The van der Waals surface area contributed by atoms with Crippen molar-refractivity contribution in [1.29, 1.82) is 0 Å². The van der Waals surface area contributed by atoms with E-state index in [1.54, 1.807) is 18.2 Å². The third-order valence-electron chi connectivity index (χ3n) is 4.06. The molecule has 0 atom stereocenters. The summed E-state index contributed by atoms with van der Waals surface area (Å²) >= 11 is 1.46. The van der Waals surface area contributed by atoms with Crippen molar-refractivity contribution in [2.45, 2.75) is 17.9 Å². The molecule has 5 nitrogen and oxygen atoms in total. The number of carbonyl (C=O) groups is 1. The summed E-state index contributed by atoms with van der Waals surface area (Å²) in [5, 5.41) is 4.56. The van der Waals surface area contributed by atoms with Crippen LogP contribution in [-0.2, 0) is 23.0 Å². The highest BCUT2D eigenvalue weighted by atomic mass is 32.2. The van der Waals surface area contributed by atoms with Gasteiger partial charge in [-0.05, 0) is 47.7 Å². The van der Waals surface area contributed by atoms with Gasteiger partial charge in [0.2, 0.25) is 10.0 Å². The van der Waals surface area contributed by atoms with Gasteiger partial charge >= 0.3 is 0 Å². The van der Waals surface area contributed by atoms with Crippen molar-refractivity contribution in [3.63, 3.8) is 0 Å². The second-order valence-electron chi connectivity index (χ2n) is 6.03. The van der Waals surface area contributed by atoms with Crippen LogP contribution in [0.5, 0.6) is 0 Å². The van der Waals surface area contributed by atoms with Crippen molar-refractivity contribution < 1.29 is 17.6 Å². The number of benzene rings is 2. The fourth-order valence-corrected chi connectivity index (χ4v) is 4.37. The van der Waals surface area contributed by atoms with E-state index in [4.69, 9.17) is 0 Å². The average Bonchev–Trinajstić information content (AvgIpc) is 3.22. The van der Waals surface area contributed by atoms with Gasteiger partial charge in [-0.15, -0.1) is 11.3 Å². The Kier molecular flexibility index (Phi) is 6.56. The molecule has 2 N–H and O–H groups in total. The normalized spacial score (nSPS) is 11.3. The van der Waals surface area contributed by atoms with Crippen LogP contribution < -0.4 is 10.0 Å². The third kappa shape index (κ3) is 5.25. The van der Waals surface area contributed by atoms with E-state index in [-0.39, 0.29) is 29.4 Å². The first-order chi connectivity index (χ1) is 13.5. The highest BCUT2D eigenvalue weighted by Gasteiger charge is 2.16. The largest absolute Gasteiger partial charge is 0.352 e. The van der Waals surface area contributed by atoms with Crippen molar-refractivity contribution in [3.8, 4) is 0 Å². The lowest BCUT2D eigenvalue weighted by atomic mass is 10.1. The minimum absolute atomic E-state index is 0.0193. The van der Waals surface area contributed by atoms with Crippen LogP contribution in [-0.4, -0.2) is 20.9 Å². The molecule has 8 heteroatoms. The van der Waals surface area contributed by atoms with Gasteiger partial charge in [-0.3, -0.25) is 4.79 Å². The van der Waals surface area contributed by atoms with Gasteiger partial charge in [0.15, 0.2) is 0 Å². The number of hydrogen-bond acceptors (Lipinski definition) is 4. The average molecular weight is 419 g/mol. The van der Waals surface area contributed by atoms with E-state index >= 15 is 0 Å². The fraction of sp³-hybridized carbons (Fsp3) is 0.150. The molecular formula is C20H19FN2O3S2. The summed E-state index contributed by atoms with van der Waals surface area (Å²) in [6.45, 7) is 0.437. The Bertz CT molecular complexity index is 1050. The Morgan fingerprint density at radius 3 is 2.61 bits per heavy atom. The van der Waals surface area contributed by atoms with Crippen molar-refractivity contribution in [1.82, 2.24) is 10.0 Å². The van der Waals surface area contributed by atoms with Crippen LogP contribution in [0, 0.1) is 5.82 Å². The first-order valence-corrected chi connectivity index (χ1v) is 11.0. The molecule has 0 fully saturated rings. The number of hydrogen-bond donors (Lipinski definition) is 2. The molecule has 0 aliphatic rings. The Morgan fingerprint density at radius 2 is 1.86 bits per heavy atom. The topological polar surface area (TPSA) is 75.3 Å². The minimum atomic E-state index is -3.73. The quantitative estimate of drug-likeness (QED) is 0.589. The zero-order valence-electron chi connectivity index (χ0n) is 14.9. The van der Waals surface area contributed by atoms with Gasteiger partial charge in [-0.2, -0.15) is 0 Å². The van der Waals surface area contributed by atoms with Crippen molar-refractivity contribution in [3.05, 3.63) is 87.9 Å². The molecule has 0 bridgehead atoms.